The molecule has 0 radical (unpaired) electrons. The molecule has 0 fully saturated rings. The van der Waals surface area contributed by atoms with Crippen molar-refractivity contribution in [3.63, 3.8) is 0 Å². The van der Waals surface area contributed by atoms with Gasteiger partial charge >= 0.3 is 11.9 Å². The molecule has 0 atom stereocenters. The number of carboxylic acids is 2. The predicted octanol–water partition coefficient (Wildman–Crippen LogP) is 2.46. The van der Waals surface area contributed by atoms with Gasteiger partial charge in [-0.2, -0.15) is 0 Å². The van der Waals surface area contributed by atoms with Crippen LogP contribution in [0, 0.1) is 0 Å². The minimum absolute atomic E-state index is 0.0831. The Labute approximate surface area is 116 Å². The number of nitrogens with zero attached hydrogens (tertiary/aromatic N) is 2. The summed E-state index contributed by atoms with van der Waals surface area (Å²) in [6, 6.07) is 6.55. The molecule has 3 aromatic rings. The van der Waals surface area contributed by atoms with Crippen molar-refractivity contribution in [2.45, 2.75) is 0 Å². The zero-order valence-electron chi connectivity index (χ0n) is 9.98. The number of hydrogen-bond acceptors (Lipinski definition) is 4. The highest BCUT2D eigenvalue weighted by molar-refractivity contribution is 7.13. The third-order valence-corrected chi connectivity index (χ3v) is 3.70. The van der Waals surface area contributed by atoms with E-state index in [0.29, 0.717) is 5.82 Å². The molecule has 0 unspecified atom stereocenters. The van der Waals surface area contributed by atoms with Crippen LogP contribution in [0.1, 0.15) is 20.8 Å². The van der Waals surface area contributed by atoms with E-state index in [1.54, 1.807) is 18.3 Å². The lowest BCUT2D eigenvalue weighted by Gasteiger charge is -2.01. The lowest BCUT2D eigenvalue weighted by molar-refractivity contribution is 0.0691. The predicted molar refractivity (Wildman–Crippen MR) is 72.4 cm³/mol. The van der Waals surface area contributed by atoms with Crippen molar-refractivity contribution in [3.8, 4) is 10.7 Å². The van der Waals surface area contributed by atoms with Crippen molar-refractivity contribution in [1.82, 2.24) is 9.38 Å². The van der Waals surface area contributed by atoms with E-state index in [1.165, 1.54) is 21.8 Å². The van der Waals surface area contributed by atoms with Crippen LogP contribution >= 0.6 is 11.3 Å². The molecule has 0 aliphatic heterocycles. The van der Waals surface area contributed by atoms with E-state index in [2.05, 4.69) is 4.98 Å². The molecule has 7 heteroatoms. The first-order chi connectivity index (χ1) is 9.59. The van der Waals surface area contributed by atoms with E-state index in [-0.39, 0.29) is 16.8 Å². The number of carboxylic acid groups (broad SMARTS) is 2. The summed E-state index contributed by atoms with van der Waals surface area (Å²) in [6.45, 7) is 0. The number of fused-ring (bicyclic) bond motifs is 1. The van der Waals surface area contributed by atoms with Gasteiger partial charge in [0.1, 0.15) is 0 Å². The molecule has 3 rings (SSSR count). The van der Waals surface area contributed by atoms with E-state index >= 15 is 0 Å². The Balaban J connectivity index is 2.43. The van der Waals surface area contributed by atoms with Crippen LogP contribution < -0.4 is 0 Å². The Hall–Kier alpha value is -2.67. The van der Waals surface area contributed by atoms with E-state index in [0.717, 1.165) is 4.88 Å². The fourth-order valence-electron chi connectivity index (χ4n) is 2.04. The molecule has 0 saturated heterocycles. The topological polar surface area (TPSA) is 91.9 Å². The summed E-state index contributed by atoms with van der Waals surface area (Å²) in [5.74, 6) is -2.01. The molecule has 3 heterocycles. The number of imidazole rings is 1. The second-order valence-corrected chi connectivity index (χ2v) is 4.96. The molecule has 0 aliphatic carbocycles. The maximum Gasteiger partial charge on any atom is 0.356 e. The van der Waals surface area contributed by atoms with Crippen molar-refractivity contribution in [2.75, 3.05) is 0 Å². The Morgan fingerprint density at radius 1 is 1.15 bits per heavy atom. The van der Waals surface area contributed by atoms with Crippen LogP contribution in [0.2, 0.25) is 0 Å². The number of hydrogen-bond donors (Lipinski definition) is 2. The molecule has 0 bridgehead atoms. The van der Waals surface area contributed by atoms with Gasteiger partial charge in [-0.15, -0.1) is 11.3 Å². The first kappa shape index (κ1) is 12.4. The van der Waals surface area contributed by atoms with Crippen LogP contribution in [0.15, 0.2) is 35.8 Å². The molecule has 20 heavy (non-hydrogen) atoms. The Kier molecular flexibility index (Phi) is 2.76. The van der Waals surface area contributed by atoms with Gasteiger partial charge in [-0.3, -0.25) is 4.40 Å². The summed E-state index contributed by atoms with van der Waals surface area (Å²) < 4.78 is 1.50. The zero-order valence-corrected chi connectivity index (χ0v) is 10.8. The molecule has 0 aromatic carbocycles. The van der Waals surface area contributed by atoms with E-state index in [9.17, 15) is 19.8 Å². The first-order valence-electron chi connectivity index (χ1n) is 5.61. The quantitative estimate of drug-likeness (QED) is 0.772. The van der Waals surface area contributed by atoms with Gasteiger partial charge in [0.05, 0.1) is 16.0 Å². The minimum Gasteiger partial charge on any atom is -0.478 e. The summed E-state index contributed by atoms with van der Waals surface area (Å²) in [6.07, 6.45) is 1.61. The minimum atomic E-state index is -1.25. The largest absolute Gasteiger partial charge is 0.478 e. The van der Waals surface area contributed by atoms with Gasteiger partial charge in [0.25, 0.3) is 0 Å². The first-order valence-corrected chi connectivity index (χ1v) is 6.49. The van der Waals surface area contributed by atoms with Gasteiger partial charge in [0.2, 0.25) is 0 Å². The van der Waals surface area contributed by atoms with E-state index in [4.69, 9.17) is 0 Å². The van der Waals surface area contributed by atoms with Gasteiger partial charge in [-0.05, 0) is 23.6 Å². The van der Waals surface area contributed by atoms with E-state index in [1.807, 2.05) is 11.4 Å². The zero-order chi connectivity index (χ0) is 14.3. The summed E-state index contributed by atoms with van der Waals surface area (Å²) in [4.78, 5) is 27.4. The highest BCUT2D eigenvalue weighted by atomic mass is 32.1. The van der Waals surface area contributed by atoms with Crippen LogP contribution in [-0.2, 0) is 0 Å². The Morgan fingerprint density at radius 2 is 1.95 bits per heavy atom. The van der Waals surface area contributed by atoms with Gasteiger partial charge in [-0.25, -0.2) is 14.6 Å². The second kappa shape index (κ2) is 4.46. The van der Waals surface area contributed by atoms with Gasteiger partial charge in [0, 0.05) is 6.20 Å². The highest BCUT2D eigenvalue weighted by Gasteiger charge is 2.23. The van der Waals surface area contributed by atoms with E-state index < -0.39 is 11.9 Å². The lowest BCUT2D eigenvalue weighted by Crippen LogP contribution is -2.04. The molecule has 0 amide bonds. The number of aromatic nitrogens is 2. The van der Waals surface area contributed by atoms with Gasteiger partial charge in [0.15, 0.2) is 11.5 Å². The molecule has 0 aliphatic rings. The molecular weight excluding hydrogens is 280 g/mol. The number of carbonyl (C=O) groups is 2. The van der Waals surface area contributed by atoms with Crippen molar-refractivity contribution in [3.05, 3.63) is 47.1 Å². The second-order valence-electron chi connectivity index (χ2n) is 4.01. The standard InChI is InChI=1S/C13H8N2O4S/c16-12(17)7-3-1-5-15-10(7)9(13(18)19)14-11(15)8-4-2-6-20-8/h1-6H,(H,16,17)(H,18,19). The number of aromatic carboxylic acids is 2. The number of thiophene rings is 1. The SMILES string of the molecule is O=C(O)c1cccn2c(-c3cccs3)nc(C(=O)O)c12. The average molecular weight is 288 g/mol. The molecule has 100 valence electrons. The third kappa shape index (κ3) is 1.76. The third-order valence-electron chi connectivity index (χ3n) is 2.84. The van der Waals surface area contributed by atoms with Gasteiger partial charge < -0.3 is 10.2 Å². The van der Waals surface area contributed by atoms with Crippen molar-refractivity contribution in [2.24, 2.45) is 0 Å². The van der Waals surface area contributed by atoms with Gasteiger partial charge in [-0.1, -0.05) is 6.07 Å². The Morgan fingerprint density at radius 3 is 2.55 bits per heavy atom. The monoisotopic (exact) mass is 288 g/mol. The molecule has 3 aromatic heterocycles. The van der Waals surface area contributed by atoms with Crippen LogP contribution in [0.5, 0.6) is 0 Å². The fourth-order valence-corrected chi connectivity index (χ4v) is 2.75. The molecule has 0 saturated carbocycles. The lowest BCUT2D eigenvalue weighted by atomic mass is 10.2. The maximum absolute atomic E-state index is 11.3. The average Bonchev–Trinajstić information content (AvgIpc) is 3.04. The summed E-state index contributed by atoms with van der Waals surface area (Å²) in [5.41, 5.74) is -0.248. The number of rotatable bonds is 3. The van der Waals surface area contributed by atoms with Crippen molar-refractivity contribution < 1.29 is 19.8 Å². The molecule has 6 nitrogen and oxygen atoms in total. The van der Waals surface area contributed by atoms with Crippen LogP contribution in [0.4, 0.5) is 0 Å². The van der Waals surface area contributed by atoms with Crippen molar-refractivity contribution >= 4 is 28.8 Å². The molecule has 2 N–H and O–H groups in total. The number of pyridine rings is 1. The Bertz CT molecular complexity index is 820. The molecule has 0 spiro atoms. The van der Waals surface area contributed by atoms with Crippen LogP contribution in [-0.4, -0.2) is 31.5 Å². The summed E-state index contributed by atoms with van der Waals surface area (Å²) in [5, 5.41) is 20.3. The summed E-state index contributed by atoms with van der Waals surface area (Å²) in [7, 11) is 0. The van der Waals surface area contributed by atoms with Crippen LogP contribution in [0.3, 0.4) is 0 Å². The van der Waals surface area contributed by atoms with Crippen molar-refractivity contribution in [1.29, 1.82) is 0 Å². The highest BCUT2D eigenvalue weighted by Crippen LogP contribution is 2.28. The molecular formula is C13H8N2O4S. The van der Waals surface area contributed by atoms with Crippen LogP contribution in [0.25, 0.3) is 16.2 Å². The summed E-state index contributed by atoms with van der Waals surface area (Å²) >= 11 is 1.41. The smallest absolute Gasteiger partial charge is 0.356 e. The normalized spacial score (nSPS) is 10.8. The maximum atomic E-state index is 11.3. The fraction of sp³-hybridized carbons (Fsp3) is 0.